The van der Waals surface area contributed by atoms with Crippen molar-refractivity contribution in [3.05, 3.63) is 41.2 Å². The lowest BCUT2D eigenvalue weighted by Crippen LogP contribution is -2.41. The first-order valence-corrected chi connectivity index (χ1v) is 11.2. The molecule has 10 heteroatoms. The van der Waals surface area contributed by atoms with Gasteiger partial charge in [-0.3, -0.25) is 9.59 Å². The predicted molar refractivity (Wildman–Crippen MR) is 117 cm³/mol. The summed E-state index contributed by atoms with van der Waals surface area (Å²) in [5.41, 5.74) is 0. The molecule has 1 aliphatic rings. The quantitative estimate of drug-likeness (QED) is 0.439. The molecule has 8 nitrogen and oxygen atoms in total. The van der Waals surface area contributed by atoms with E-state index in [0.29, 0.717) is 44.0 Å². The van der Waals surface area contributed by atoms with Crippen molar-refractivity contribution in [2.75, 3.05) is 38.7 Å². The van der Waals surface area contributed by atoms with Gasteiger partial charge in [0.1, 0.15) is 4.88 Å². The van der Waals surface area contributed by atoms with Crippen molar-refractivity contribution < 1.29 is 28.2 Å². The maximum atomic E-state index is 13.7. The average molecular weight is 464 g/mol. The molecule has 2 aromatic rings. The number of carbonyl (C=O) groups excluding carboxylic acids is 3. The average Bonchev–Trinajstić information content (AvgIpc) is 3.30. The van der Waals surface area contributed by atoms with E-state index in [1.54, 1.807) is 18.0 Å². The van der Waals surface area contributed by atoms with E-state index < -0.39 is 11.8 Å². The van der Waals surface area contributed by atoms with Gasteiger partial charge in [0.15, 0.2) is 16.7 Å². The Morgan fingerprint density at radius 1 is 1.25 bits per heavy atom. The molecule has 0 aliphatic carbocycles. The van der Waals surface area contributed by atoms with Crippen molar-refractivity contribution in [2.45, 2.75) is 25.7 Å². The van der Waals surface area contributed by atoms with Crippen LogP contribution in [0.5, 0.6) is 5.75 Å². The first-order valence-electron chi connectivity index (χ1n) is 10.4. The normalized spacial score (nSPS) is 14.2. The molecule has 1 fully saturated rings. The molecule has 3 rings (SSSR count). The van der Waals surface area contributed by atoms with Gasteiger partial charge in [0, 0.05) is 39.0 Å². The summed E-state index contributed by atoms with van der Waals surface area (Å²) in [5, 5.41) is 0.669. The summed E-state index contributed by atoms with van der Waals surface area (Å²) in [4.78, 5) is 44.5. The van der Waals surface area contributed by atoms with Gasteiger partial charge in [-0.05, 0) is 31.4 Å². The number of piperidine rings is 1. The lowest BCUT2D eigenvalue weighted by atomic mass is 9.95. The Balaban J connectivity index is 1.48. The highest BCUT2D eigenvalue weighted by molar-refractivity contribution is 7.17. The molecule has 0 spiro atoms. The van der Waals surface area contributed by atoms with Crippen LogP contribution >= 0.6 is 11.3 Å². The molecular formula is C22H26FN3O5S. The summed E-state index contributed by atoms with van der Waals surface area (Å²) < 4.78 is 23.4. The van der Waals surface area contributed by atoms with Gasteiger partial charge in [-0.15, -0.1) is 0 Å². The fourth-order valence-electron chi connectivity index (χ4n) is 3.49. The van der Waals surface area contributed by atoms with Crippen LogP contribution in [0.2, 0.25) is 0 Å². The third-order valence-electron chi connectivity index (χ3n) is 5.33. The van der Waals surface area contributed by atoms with E-state index in [4.69, 9.17) is 4.74 Å². The number of thiazole rings is 1. The molecule has 1 aromatic heterocycles. The SMILES string of the molecule is COC(=O)CCCN(C)C(=O)C1CCN(c2ncc(C(=O)Oc3ccccc3F)s2)CC1. The molecule has 0 bridgehead atoms. The molecule has 0 saturated carbocycles. The zero-order valence-electron chi connectivity index (χ0n) is 18.1. The highest BCUT2D eigenvalue weighted by atomic mass is 32.1. The number of rotatable bonds is 8. The Bertz CT molecular complexity index is 959. The number of halogens is 1. The highest BCUT2D eigenvalue weighted by Crippen LogP contribution is 2.29. The van der Waals surface area contributed by atoms with Crippen molar-refractivity contribution in [1.82, 2.24) is 9.88 Å². The van der Waals surface area contributed by atoms with Gasteiger partial charge in [0.25, 0.3) is 0 Å². The predicted octanol–water partition coefficient (Wildman–Crippen LogP) is 3.13. The molecule has 1 aliphatic heterocycles. The van der Waals surface area contributed by atoms with E-state index in [0.717, 1.165) is 0 Å². The molecule has 2 heterocycles. The van der Waals surface area contributed by atoms with Gasteiger partial charge in [-0.25, -0.2) is 14.2 Å². The van der Waals surface area contributed by atoms with Crippen LogP contribution in [0.25, 0.3) is 0 Å². The summed E-state index contributed by atoms with van der Waals surface area (Å²) in [6, 6.07) is 5.73. The first-order chi connectivity index (χ1) is 15.4. The Hall–Kier alpha value is -3.01. The van der Waals surface area contributed by atoms with Crippen LogP contribution in [0.15, 0.2) is 30.5 Å². The molecule has 0 atom stereocenters. The van der Waals surface area contributed by atoms with Gasteiger partial charge < -0.3 is 19.3 Å². The standard InChI is InChI=1S/C22H26FN3O5S/c1-25(11-5-8-19(27)30-2)20(28)15-9-12-26(13-10-15)22-24-14-18(32-22)21(29)31-17-7-4-3-6-16(17)23/h3-4,6-7,14-15H,5,8-13H2,1-2H3. The zero-order valence-corrected chi connectivity index (χ0v) is 18.9. The lowest BCUT2D eigenvalue weighted by molar-refractivity contribution is -0.141. The van der Waals surface area contributed by atoms with E-state index in [1.807, 2.05) is 4.90 Å². The second-order valence-corrected chi connectivity index (χ2v) is 8.54. The topological polar surface area (TPSA) is 89.0 Å². The number of carbonyl (C=O) groups is 3. The molecule has 0 N–H and O–H groups in total. The number of benzene rings is 1. The Morgan fingerprint density at radius 3 is 2.66 bits per heavy atom. The Labute approximate surface area is 189 Å². The van der Waals surface area contributed by atoms with Gasteiger partial charge in [-0.2, -0.15) is 0 Å². The van der Waals surface area contributed by atoms with Crippen LogP contribution in [0, 0.1) is 11.7 Å². The zero-order chi connectivity index (χ0) is 23.1. The Morgan fingerprint density at radius 2 is 1.97 bits per heavy atom. The van der Waals surface area contributed by atoms with E-state index >= 15 is 0 Å². The molecule has 0 unspecified atom stereocenters. The van der Waals surface area contributed by atoms with E-state index in [2.05, 4.69) is 9.72 Å². The van der Waals surface area contributed by atoms with Crippen molar-refractivity contribution in [2.24, 2.45) is 5.92 Å². The third-order valence-corrected chi connectivity index (χ3v) is 6.37. The fourth-order valence-corrected chi connectivity index (χ4v) is 4.33. The number of amides is 1. The van der Waals surface area contributed by atoms with Crippen LogP contribution in [0.1, 0.15) is 35.4 Å². The van der Waals surface area contributed by atoms with Crippen LogP contribution in [0.3, 0.4) is 0 Å². The molecule has 1 aromatic carbocycles. The molecule has 32 heavy (non-hydrogen) atoms. The number of para-hydroxylation sites is 1. The summed E-state index contributed by atoms with van der Waals surface area (Å²) >= 11 is 1.18. The smallest absolute Gasteiger partial charge is 0.355 e. The highest BCUT2D eigenvalue weighted by Gasteiger charge is 2.28. The lowest BCUT2D eigenvalue weighted by Gasteiger charge is -2.33. The summed E-state index contributed by atoms with van der Waals surface area (Å²) in [7, 11) is 3.10. The molecule has 1 saturated heterocycles. The van der Waals surface area contributed by atoms with Crippen LogP contribution < -0.4 is 9.64 Å². The van der Waals surface area contributed by atoms with Crippen molar-refractivity contribution in [3.63, 3.8) is 0 Å². The monoisotopic (exact) mass is 463 g/mol. The van der Waals surface area contributed by atoms with Crippen molar-refractivity contribution >= 4 is 34.3 Å². The summed E-state index contributed by atoms with van der Waals surface area (Å²) in [6.07, 6.45) is 3.63. The van der Waals surface area contributed by atoms with Gasteiger partial charge in [0.05, 0.1) is 13.3 Å². The maximum Gasteiger partial charge on any atom is 0.355 e. The van der Waals surface area contributed by atoms with E-state index in [-0.39, 0.29) is 34.8 Å². The largest absolute Gasteiger partial charge is 0.469 e. The van der Waals surface area contributed by atoms with Crippen LogP contribution in [0.4, 0.5) is 9.52 Å². The van der Waals surface area contributed by atoms with Crippen LogP contribution in [-0.2, 0) is 14.3 Å². The fraction of sp³-hybridized carbons (Fsp3) is 0.455. The number of anilines is 1. The number of methoxy groups -OCH3 is 1. The minimum absolute atomic E-state index is 0.0720. The van der Waals surface area contributed by atoms with Gasteiger partial charge in [-0.1, -0.05) is 23.5 Å². The van der Waals surface area contributed by atoms with E-state index in [9.17, 15) is 18.8 Å². The molecular weight excluding hydrogens is 437 g/mol. The molecule has 0 radical (unpaired) electrons. The second-order valence-electron chi connectivity index (χ2n) is 7.53. The summed E-state index contributed by atoms with van der Waals surface area (Å²) in [5.74, 6) is -1.67. The minimum Gasteiger partial charge on any atom is -0.469 e. The number of esters is 2. The maximum absolute atomic E-state index is 13.7. The summed E-state index contributed by atoms with van der Waals surface area (Å²) in [6.45, 7) is 1.79. The number of ether oxygens (including phenoxy) is 2. The van der Waals surface area contributed by atoms with Gasteiger partial charge >= 0.3 is 11.9 Å². The van der Waals surface area contributed by atoms with Crippen molar-refractivity contribution in [3.8, 4) is 5.75 Å². The third kappa shape index (κ3) is 6.03. The number of aromatic nitrogens is 1. The number of nitrogens with zero attached hydrogens (tertiary/aromatic N) is 3. The molecule has 1 amide bonds. The van der Waals surface area contributed by atoms with Crippen molar-refractivity contribution in [1.29, 1.82) is 0 Å². The molecule has 172 valence electrons. The number of hydrogen-bond acceptors (Lipinski definition) is 8. The second kappa shape index (κ2) is 11.0. The van der Waals surface area contributed by atoms with E-state index in [1.165, 1.54) is 42.8 Å². The van der Waals surface area contributed by atoms with Gasteiger partial charge in [0.2, 0.25) is 5.91 Å². The first kappa shape index (κ1) is 23.6. The Kier molecular flexibility index (Phi) is 8.15. The van der Waals surface area contributed by atoms with Crippen LogP contribution in [-0.4, -0.2) is 61.5 Å². The number of hydrogen-bond donors (Lipinski definition) is 0. The minimum atomic E-state index is -0.655.